The van der Waals surface area contributed by atoms with E-state index < -0.39 is 0 Å². The minimum absolute atomic E-state index is 0.00772. The summed E-state index contributed by atoms with van der Waals surface area (Å²) >= 11 is 4.88. The number of likely N-dealkylation sites (N-methyl/N-ethyl adjacent to an activating group) is 1. The van der Waals surface area contributed by atoms with Gasteiger partial charge in [0.1, 0.15) is 0 Å². The molecule has 122 valence electrons. The maximum Gasteiger partial charge on any atom is 0.266 e. The van der Waals surface area contributed by atoms with Crippen LogP contribution >= 0.6 is 27.7 Å². The van der Waals surface area contributed by atoms with Gasteiger partial charge in [0.2, 0.25) is 0 Å². The molecule has 0 atom stereocenters. The van der Waals surface area contributed by atoms with Gasteiger partial charge in [-0.1, -0.05) is 45.8 Å². The summed E-state index contributed by atoms with van der Waals surface area (Å²) in [6.45, 7) is 4.61. The smallest absolute Gasteiger partial charge is 0.266 e. The predicted molar refractivity (Wildman–Crippen MR) is 105 cm³/mol. The highest BCUT2D eigenvalue weighted by Gasteiger charge is 2.32. The molecule has 1 heterocycles. The largest absolute Gasteiger partial charge is 0.287 e. The molecular formula is C19H17BrN2OS. The fraction of sp³-hybridized carbons (Fsp3) is 0.158. The molecule has 1 amide bonds. The molecule has 0 N–H and O–H groups in total. The Labute approximate surface area is 154 Å². The Morgan fingerprint density at radius 2 is 1.96 bits per heavy atom. The van der Waals surface area contributed by atoms with Crippen LogP contribution in [-0.4, -0.2) is 22.5 Å². The van der Waals surface area contributed by atoms with Crippen molar-refractivity contribution in [2.45, 2.75) is 13.8 Å². The van der Waals surface area contributed by atoms with Crippen LogP contribution in [-0.2, 0) is 4.79 Å². The van der Waals surface area contributed by atoms with E-state index in [4.69, 9.17) is 0 Å². The molecule has 1 saturated heterocycles. The Kier molecular flexibility index (Phi) is 5.21. The van der Waals surface area contributed by atoms with Gasteiger partial charge in [-0.2, -0.15) is 0 Å². The lowest BCUT2D eigenvalue weighted by Gasteiger charge is -2.12. The van der Waals surface area contributed by atoms with Crippen LogP contribution in [0.4, 0.5) is 5.69 Å². The van der Waals surface area contributed by atoms with E-state index in [0.29, 0.717) is 11.4 Å². The molecule has 3 rings (SSSR count). The van der Waals surface area contributed by atoms with E-state index in [1.165, 1.54) is 17.3 Å². The van der Waals surface area contributed by atoms with Crippen LogP contribution < -0.4 is 0 Å². The maximum atomic E-state index is 12.6. The number of hydrogen-bond donors (Lipinski definition) is 0. The van der Waals surface area contributed by atoms with Crippen LogP contribution in [0.5, 0.6) is 0 Å². The van der Waals surface area contributed by atoms with Crippen molar-refractivity contribution in [1.82, 2.24) is 4.90 Å². The number of aryl methyl sites for hydroxylation is 1. The zero-order valence-electron chi connectivity index (χ0n) is 13.5. The molecule has 0 bridgehead atoms. The van der Waals surface area contributed by atoms with Crippen molar-refractivity contribution in [2.75, 3.05) is 6.54 Å². The summed E-state index contributed by atoms with van der Waals surface area (Å²) in [5, 5.41) is 0.729. The molecule has 5 heteroatoms. The normalized spacial score (nSPS) is 18.0. The number of nitrogens with zero attached hydrogens (tertiary/aromatic N) is 2. The van der Waals surface area contributed by atoms with Gasteiger partial charge in [-0.15, -0.1) is 0 Å². The number of halogens is 1. The van der Waals surface area contributed by atoms with Crippen molar-refractivity contribution < 1.29 is 4.79 Å². The first kappa shape index (κ1) is 17.0. The average molecular weight is 401 g/mol. The molecule has 3 nitrogen and oxygen atoms in total. The summed E-state index contributed by atoms with van der Waals surface area (Å²) in [5.41, 5.74) is 3.04. The fourth-order valence-electron chi connectivity index (χ4n) is 2.35. The van der Waals surface area contributed by atoms with Gasteiger partial charge in [0.05, 0.1) is 10.6 Å². The van der Waals surface area contributed by atoms with Crippen molar-refractivity contribution in [3.63, 3.8) is 0 Å². The third-order valence-electron chi connectivity index (χ3n) is 3.61. The number of thioether (sulfide) groups is 1. The van der Waals surface area contributed by atoms with Gasteiger partial charge in [-0.05, 0) is 61.5 Å². The molecule has 0 aromatic heterocycles. The number of carbonyl (C=O) groups excluding carboxylic acids is 1. The average Bonchev–Trinajstić information content (AvgIpc) is 2.84. The van der Waals surface area contributed by atoms with E-state index in [-0.39, 0.29) is 5.91 Å². The van der Waals surface area contributed by atoms with Crippen LogP contribution in [0.15, 0.2) is 62.9 Å². The SMILES string of the molecule is CCN1C(=O)/C(=C\c2cccc(Br)c2)SC1=Nc1ccc(C)cc1. The quantitative estimate of drug-likeness (QED) is 0.647. The minimum atomic E-state index is 0.00772. The number of carbonyl (C=O) groups is 1. The van der Waals surface area contributed by atoms with Crippen LogP contribution in [0.1, 0.15) is 18.1 Å². The molecule has 2 aromatic rings. The van der Waals surface area contributed by atoms with E-state index in [1.807, 2.05) is 68.5 Å². The summed E-state index contributed by atoms with van der Waals surface area (Å²) in [7, 11) is 0. The topological polar surface area (TPSA) is 32.7 Å². The summed E-state index contributed by atoms with van der Waals surface area (Å²) in [6.07, 6.45) is 1.91. The second-order valence-corrected chi connectivity index (χ2v) is 7.37. The van der Waals surface area contributed by atoms with Gasteiger partial charge < -0.3 is 0 Å². The number of rotatable bonds is 3. The molecular weight excluding hydrogens is 384 g/mol. The molecule has 24 heavy (non-hydrogen) atoms. The summed E-state index contributed by atoms with van der Waals surface area (Å²) in [4.78, 5) is 19.7. The first-order valence-electron chi connectivity index (χ1n) is 7.69. The van der Waals surface area contributed by atoms with Crippen LogP contribution in [0, 0.1) is 6.92 Å². The second kappa shape index (κ2) is 7.36. The Hall–Kier alpha value is -1.85. The third kappa shape index (κ3) is 3.79. The van der Waals surface area contributed by atoms with Gasteiger partial charge in [-0.3, -0.25) is 9.69 Å². The Morgan fingerprint density at radius 1 is 1.21 bits per heavy atom. The number of amides is 1. The zero-order chi connectivity index (χ0) is 17.1. The van der Waals surface area contributed by atoms with Crippen molar-refractivity contribution >= 4 is 50.5 Å². The first-order chi connectivity index (χ1) is 11.6. The lowest BCUT2D eigenvalue weighted by molar-refractivity contribution is -0.122. The van der Waals surface area contributed by atoms with Crippen LogP contribution in [0.3, 0.4) is 0 Å². The molecule has 0 aliphatic carbocycles. The van der Waals surface area contributed by atoms with Crippen molar-refractivity contribution in [2.24, 2.45) is 4.99 Å². The van der Waals surface area contributed by atoms with E-state index in [1.54, 1.807) is 4.90 Å². The van der Waals surface area contributed by atoms with Gasteiger partial charge in [0, 0.05) is 11.0 Å². The second-order valence-electron chi connectivity index (χ2n) is 5.44. The van der Waals surface area contributed by atoms with E-state index in [0.717, 1.165) is 20.9 Å². The van der Waals surface area contributed by atoms with Gasteiger partial charge >= 0.3 is 0 Å². The molecule has 2 aromatic carbocycles. The van der Waals surface area contributed by atoms with Crippen molar-refractivity contribution in [3.8, 4) is 0 Å². The minimum Gasteiger partial charge on any atom is -0.287 e. The molecule has 0 saturated carbocycles. The monoisotopic (exact) mass is 400 g/mol. The predicted octanol–water partition coefficient (Wildman–Crippen LogP) is 5.38. The highest BCUT2D eigenvalue weighted by molar-refractivity contribution is 9.10. The Bertz CT molecular complexity index is 828. The summed E-state index contributed by atoms with van der Waals surface area (Å²) in [6, 6.07) is 15.9. The Morgan fingerprint density at radius 3 is 2.62 bits per heavy atom. The first-order valence-corrected chi connectivity index (χ1v) is 9.30. The zero-order valence-corrected chi connectivity index (χ0v) is 15.9. The lowest BCUT2D eigenvalue weighted by Crippen LogP contribution is -2.28. The number of aliphatic imine (C=N–C) groups is 1. The maximum absolute atomic E-state index is 12.6. The highest BCUT2D eigenvalue weighted by Crippen LogP contribution is 2.34. The summed E-state index contributed by atoms with van der Waals surface area (Å²) in [5.74, 6) is 0.00772. The van der Waals surface area contributed by atoms with Gasteiger partial charge in [0.25, 0.3) is 5.91 Å². The lowest BCUT2D eigenvalue weighted by atomic mass is 10.2. The van der Waals surface area contributed by atoms with Crippen LogP contribution in [0.2, 0.25) is 0 Å². The molecule has 0 radical (unpaired) electrons. The number of amidine groups is 1. The van der Waals surface area contributed by atoms with E-state index in [2.05, 4.69) is 20.9 Å². The number of benzene rings is 2. The molecule has 0 spiro atoms. The van der Waals surface area contributed by atoms with E-state index in [9.17, 15) is 4.79 Å². The van der Waals surface area contributed by atoms with Crippen molar-refractivity contribution in [3.05, 3.63) is 69.0 Å². The summed E-state index contributed by atoms with van der Waals surface area (Å²) < 4.78 is 0.994. The highest BCUT2D eigenvalue weighted by atomic mass is 79.9. The molecule has 1 fully saturated rings. The molecule has 1 aliphatic rings. The van der Waals surface area contributed by atoms with Gasteiger partial charge in [0.15, 0.2) is 5.17 Å². The van der Waals surface area contributed by atoms with Crippen LogP contribution in [0.25, 0.3) is 6.08 Å². The fourth-order valence-corrected chi connectivity index (χ4v) is 3.83. The third-order valence-corrected chi connectivity index (χ3v) is 5.11. The molecule has 0 unspecified atom stereocenters. The van der Waals surface area contributed by atoms with E-state index >= 15 is 0 Å². The molecule has 1 aliphatic heterocycles. The standard InChI is InChI=1S/C19H17BrN2OS/c1-3-22-18(23)17(12-14-5-4-6-15(20)11-14)24-19(22)21-16-9-7-13(2)8-10-16/h4-12H,3H2,1-2H3/b17-12+,21-19?. The van der Waals surface area contributed by atoms with Crippen molar-refractivity contribution in [1.29, 1.82) is 0 Å². The Balaban J connectivity index is 1.92. The van der Waals surface area contributed by atoms with Gasteiger partial charge in [-0.25, -0.2) is 4.99 Å². The number of hydrogen-bond acceptors (Lipinski definition) is 3.